The second-order valence-electron chi connectivity index (χ2n) is 5.31. The van der Waals surface area contributed by atoms with Gasteiger partial charge in [-0.2, -0.15) is 5.10 Å². The topological polar surface area (TPSA) is 60.2 Å². The van der Waals surface area contributed by atoms with Crippen LogP contribution < -0.4 is 4.74 Å². The highest BCUT2D eigenvalue weighted by Gasteiger charge is 2.09. The third kappa shape index (κ3) is 3.57. The molecule has 1 aromatic carbocycles. The van der Waals surface area contributed by atoms with Crippen LogP contribution >= 0.6 is 0 Å². The van der Waals surface area contributed by atoms with Crippen LogP contribution in [0, 0.1) is 12.8 Å². The number of aromatic nitrogens is 3. The number of aryl methyl sites for hydroxylation is 1. The van der Waals surface area contributed by atoms with Crippen molar-refractivity contribution in [1.29, 1.82) is 0 Å². The minimum Gasteiger partial charge on any atom is -0.485 e. The first-order valence-electron chi connectivity index (χ1n) is 6.80. The third-order valence-corrected chi connectivity index (χ3v) is 2.98. The molecule has 0 aliphatic heterocycles. The van der Waals surface area contributed by atoms with E-state index in [0.717, 1.165) is 23.5 Å². The van der Waals surface area contributed by atoms with E-state index >= 15 is 0 Å². The number of rotatable bonds is 6. The molecule has 0 unspecified atom stereocenters. The average Bonchev–Trinajstić information content (AvgIpc) is 2.83. The second kappa shape index (κ2) is 6.52. The molecule has 0 fully saturated rings. The number of benzene rings is 1. The molecule has 5 heteroatoms. The number of hydrogen-bond donors (Lipinski definition) is 1. The van der Waals surface area contributed by atoms with Gasteiger partial charge in [0, 0.05) is 12.1 Å². The molecular formula is C15H21N3O2. The van der Waals surface area contributed by atoms with E-state index in [0.29, 0.717) is 18.3 Å². The molecule has 5 nitrogen and oxygen atoms in total. The summed E-state index contributed by atoms with van der Waals surface area (Å²) in [5.74, 6) is 1.99. The summed E-state index contributed by atoms with van der Waals surface area (Å²) in [6, 6.07) is 5.77. The predicted octanol–water partition coefficient (Wildman–Crippen LogP) is 2.31. The van der Waals surface area contributed by atoms with Crippen molar-refractivity contribution < 1.29 is 9.84 Å². The van der Waals surface area contributed by atoms with Crippen LogP contribution in [-0.2, 0) is 19.8 Å². The minimum absolute atomic E-state index is 0.0320. The molecule has 20 heavy (non-hydrogen) atoms. The fraction of sp³-hybridized carbons (Fsp3) is 0.467. The Bertz CT molecular complexity index is 564. The Morgan fingerprint density at radius 1 is 1.35 bits per heavy atom. The van der Waals surface area contributed by atoms with Crippen LogP contribution in [0.25, 0.3) is 0 Å². The highest BCUT2D eigenvalue weighted by atomic mass is 16.5. The molecule has 0 aliphatic rings. The summed E-state index contributed by atoms with van der Waals surface area (Å²) < 4.78 is 7.62. The van der Waals surface area contributed by atoms with Crippen molar-refractivity contribution in [2.45, 2.75) is 40.5 Å². The molecule has 2 aromatic rings. The molecule has 0 bridgehead atoms. The lowest BCUT2D eigenvalue weighted by atomic mass is 10.1. The second-order valence-corrected chi connectivity index (χ2v) is 5.31. The van der Waals surface area contributed by atoms with Gasteiger partial charge in [0.15, 0.2) is 5.82 Å². The molecule has 0 saturated carbocycles. The normalized spacial score (nSPS) is 11.1. The maximum Gasteiger partial charge on any atom is 0.164 e. The van der Waals surface area contributed by atoms with Gasteiger partial charge >= 0.3 is 0 Å². The van der Waals surface area contributed by atoms with Crippen LogP contribution in [0.2, 0.25) is 0 Å². The Morgan fingerprint density at radius 2 is 2.15 bits per heavy atom. The van der Waals surface area contributed by atoms with Crippen molar-refractivity contribution in [2.75, 3.05) is 0 Å². The molecular weight excluding hydrogens is 254 g/mol. The van der Waals surface area contributed by atoms with Gasteiger partial charge in [-0.3, -0.25) is 0 Å². The number of hydrogen-bond acceptors (Lipinski definition) is 4. The molecule has 0 aliphatic carbocycles. The summed E-state index contributed by atoms with van der Waals surface area (Å²) in [5.41, 5.74) is 1.89. The summed E-state index contributed by atoms with van der Waals surface area (Å²) >= 11 is 0. The van der Waals surface area contributed by atoms with E-state index in [2.05, 4.69) is 23.9 Å². The lowest BCUT2D eigenvalue weighted by Crippen LogP contribution is -2.12. The molecule has 2 rings (SSSR count). The van der Waals surface area contributed by atoms with E-state index in [1.54, 1.807) is 6.33 Å². The Kier molecular flexibility index (Phi) is 4.74. The standard InChI is InChI=1S/C15H21N3O2/c1-11(2)7-18-15(16-10-17-18)9-20-14-5-4-12(3)6-13(14)8-19/h4-6,10-11,19H,7-9H2,1-3H3. The van der Waals surface area contributed by atoms with Gasteiger partial charge in [-0.25, -0.2) is 9.67 Å². The molecule has 0 spiro atoms. The lowest BCUT2D eigenvalue weighted by Gasteiger charge is -2.12. The van der Waals surface area contributed by atoms with Crippen LogP contribution in [-0.4, -0.2) is 19.9 Å². The number of aliphatic hydroxyl groups is 1. The summed E-state index contributed by atoms with van der Waals surface area (Å²) in [6.45, 7) is 7.40. The van der Waals surface area contributed by atoms with Crippen molar-refractivity contribution in [3.8, 4) is 5.75 Å². The summed E-state index contributed by atoms with van der Waals surface area (Å²) in [4.78, 5) is 4.22. The van der Waals surface area contributed by atoms with Crippen LogP contribution in [0.5, 0.6) is 5.75 Å². The van der Waals surface area contributed by atoms with Gasteiger partial charge in [0.1, 0.15) is 18.7 Å². The van der Waals surface area contributed by atoms with Gasteiger partial charge < -0.3 is 9.84 Å². The third-order valence-electron chi connectivity index (χ3n) is 2.98. The van der Waals surface area contributed by atoms with Gasteiger partial charge in [-0.15, -0.1) is 0 Å². The van der Waals surface area contributed by atoms with Crippen molar-refractivity contribution in [2.24, 2.45) is 5.92 Å². The Hall–Kier alpha value is -1.88. The quantitative estimate of drug-likeness (QED) is 0.879. The molecule has 108 valence electrons. The summed E-state index contributed by atoms with van der Waals surface area (Å²) in [6.07, 6.45) is 1.54. The van der Waals surface area contributed by atoms with E-state index in [9.17, 15) is 5.11 Å². The van der Waals surface area contributed by atoms with Crippen LogP contribution in [0.1, 0.15) is 30.8 Å². The smallest absolute Gasteiger partial charge is 0.164 e. The zero-order valence-electron chi connectivity index (χ0n) is 12.2. The van der Waals surface area contributed by atoms with Crippen LogP contribution in [0.3, 0.4) is 0 Å². The zero-order valence-corrected chi connectivity index (χ0v) is 12.2. The lowest BCUT2D eigenvalue weighted by molar-refractivity contribution is 0.251. The van der Waals surface area contributed by atoms with E-state index < -0.39 is 0 Å². The zero-order chi connectivity index (χ0) is 14.5. The maximum atomic E-state index is 9.36. The first-order valence-corrected chi connectivity index (χ1v) is 6.80. The van der Waals surface area contributed by atoms with Crippen molar-refractivity contribution in [3.05, 3.63) is 41.5 Å². The minimum atomic E-state index is -0.0320. The fourth-order valence-electron chi connectivity index (χ4n) is 2.01. The Morgan fingerprint density at radius 3 is 2.85 bits per heavy atom. The number of nitrogens with zero attached hydrogens (tertiary/aromatic N) is 3. The van der Waals surface area contributed by atoms with Crippen molar-refractivity contribution in [3.63, 3.8) is 0 Å². The van der Waals surface area contributed by atoms with Gasteiger partial charge in [0.25, 0.3) is 0 Å². The van der Waals surface area contributed by atoms with Crippen molar-refractivity contribution in [1.82, 2.24) is 14.8 Å². The molecule has 0 atom stereocenters. The largest absolute Gasteiger partial charge is 0.485 e. The van der Waals surface area contributed by atoms with Gasteiger partial charge in [-0.05, 0) is 18.9 Å². The number of aliphatic hydroxyl groups excluding tert-OH is 1. The highest BCUT2D eigenvalue weighted by Crippen LogP contribution is 2.21. The Balaban J connectivity index is 2.07. The molecule has 0 amide bonds. The predicted molar refractivity (Wildman–Crippen MR) is 76.3 cm³/mol. The van der Waals surface area contributed by atoms with Gasteiger partial charge in [0.2, 0.25) is 0 Å². The first-order chi connectivity index (χ1) is 9.60. The van der Waals surface area contributed by atoms with E-state index in [4.69, 9.17) is 4.74 Å². The summed E-state index contributed by atoms with van der Waals surface area (Å²) in [5, 5.41) is 13.6. The average molecular weight is 275 g/mol. The molecule has 0 saturated heterocycles. The Labute approximate surface area is 119 Å². The summed E-state index contributed by atoms with van der Waals surface area (Å²) in [7, 11) is 0. The van der Waals surface area contributed by atoms with Crippen LogP contribution in [0.15, 0.2) is 24.5 Å². The van der Waals surface area contributed by atoms with Crippen LogP contribution in [0.4, 0.5) is 0 Å². The molecule has 1 heterocycles. The fourth-order valence-corrected chi connectivity index (χ4v) is 2.01. The maximum absolute atomic E-state index is 9.36. The van der Waals surface area contributed by atoms with E-state index in [-0.39, 0.29) is 6.61 Å². The molecule has 1 aromatic heterocycles. The first kappa shape index (κ1) is 14.5. The number of ether oxygens (including phenoxy) is 1. The SMILES string of the molecule is Cc1ccc(OCc2ncnn2CC(C)C)c(CO)c1. The van der Waals surface area contributed by atoms with E-state index in [1.165, 1.54) is 0 Å². The van der Waals surface area contributed by atoms with E-state index in [1.807, 2.05) is 29.8 Å². The van der Waals surface area contributed by atoms with Gasteiger partial charge in [-0.1, -0.05) is 31.5 Å². The molecule has 0 radical (unpaired) electrons. The van der Waals surface area contributed by atoms with Gasteiger partial charge in [0.05, 0.1) is 6.61 Å². The highest BCUT2D eigenvalue weighted by molar-refractivity contribution is 5.36. The molecule has 1 N–H and O–H groups in total. The van der Waals surface area contributed by atoms with Crippen molar-refractivity contribution >= 4 is 0 Å². The monoisotopic (exact) mass is 275 g/mol.